The minimum Gasteiger partial charge on any atom is -0.0927 e. The summed E-state index contributed by atoms with van der Waals surface area (Å²) < 4.78 is 0. The Labute approximate surface area is 204 Å². The monoisotopic (exact) mass is 369 g/mol. The van der Waals surface area contributed by atoms with Gasteiger partial charge in [0.25, 0.3) is 0 Å². The average Bonchev–Trinajstić information content (AvgIpc) is 3.12. The van der Waals surface area contributed by atoms with Crippen molar-refractivity contribution >= 4 is 127 Å². The zero-order chi connectivity index (χ0) is 23.4. The Morgan fingerprint density at radius 1 is 0.800 bits per heavy atom. The van der Waals surface area contributed by atoms with Crippen molar-refractivity contribution in [3.8, 4) is 0 Å². The summed E-state index contributed by atoms with van der Waals surface area (Å²) in [5.41, 5.74) is 0. The number of hydrogen-bond donors (Lipinski definition) is 0. The van der Waals surface area contributed by atoms with Gasteiger partial charge in [-0.1, -0.05) is 78.1 Å². The van der Waals surface area contributed by atoms with E-state index in [0.29, 0.717) is 25.5 Å². The molecule has 0 aromatic heterocycles. The normalized spacial score (nSPS) is 17.6. The van der Waals surface area contributed by atoms with E-state index in [1.165, 1.54) is 38.3 Å². The maximum absolute atomic E-state index is 5.93. The fourth-order valence-electron chi connectivity index (χ4n) is 5.29. The average molecular weight is 366 g/mol. The molecule has 0 amide bonds. The summed E-state index contributed by atoms with van der Waals surface area (Å²) >= 11 is 0. The van der Waals surface area contributed by atoms with Crippen LogP contribution in [0.3, 0.4) is 0 Å². The van der Waals surface area contributed by atoms with E-state index in [1.54, 1.807) is 7.06 Å². The predicted octanol–water partition coefficient (Wildman–Crippen LogP) is -1.45. The summed E-state index contributed by atoms with van der Waals surface area (Å²) in [4.78, 5) is 0. The lowest BCUT2D eigenvalue weighted by atomic mass is 8.53. The number of rotatable bonds is 7. The molecule has 17 radical (unpaired) electrons. The van der Waals surface area contributed by atoms with Crippen molar-refractivity contribution < 1.29 is 0 Å². The Hall–Kier alpha value is 1.17. The molecule has 0 nitrogen and oxygen atoms in total. The third-order valence-electron chi connectivity index (χ3n) is 7.09. The summed E-state index contributed by atoms with van der Waals surface area (Å²) in [5, 5.41) is 0. The molecule has 2 aliphatic heterocycles. The molecule has 30 heavy (non-hydrogen) atoms. The van der Waals surface area contributed by atoms with E-state index < -0.39 is 12.8 Å². The molecule has 0 aliphatic carbocycles. The molecule has 0 bridgehead atoms. The molecule has 18 heteroatoms. The largest absolute Gasteiger partial charge is 0.0961 e. The topological polar surface area (TPSA) is 0 Å². The van der Waals surface area contributed by atoms with Crippen molar-refractivity contribution in [2.45, 2.75) is 78.1 Å². The van der Waals surface area contributed by atoms with Crippen molar-refractivity contribution in [2.24, 2.45) is 0 Å². The first-order valence-electron chi connectivity index (χ1n) is 12.0. The highest BCUT2D eigenvalue weighted by Gasteiger charge is 2.42. The van der Waals surface area contributed by atoms with Crippen LogP contribution in [0.25, 0.3) is 0 Å². The van der Waals surface area contributed by atoms with Gasteiger partial charge in [0.05, 0.1) is 19.7 Å². The van der Waals surface area contributed by atoms with Gasteiger partial charge in [0.1, 0.15) is 0 Å². The van der Waals surface area contributed by atoms with Gasteiger partial charge in [-0.3, -0.25) is 0 Å². The summed E-state index contributed by atoms with van der Waals surface area (Å²) in [7, 11) is 47.6. The Morgan fingerprint density at radius 3 is 1.73 bits per heavy atom. The molecular formula is C12H27B18. The lowest BCUT2D eigenvalue weighted by Gasteiger charge is -2.33. The minimum atomic E-state index is -0.489. The second-order valence-corrected chi connectivity index (χ2v) is 9.15. The Morgan fingerprint density at radius 2 is 1.37 bits per heavy atom. The first-order valence-corrected chi connectivity index (χ1v) is 12.0. The van der Waals surface area contributed by atoms with Gasteiger partial charge >= 0.3 is 0 Å². The second-order valence-electron chi connectivity index (χ2n) is 9.15. The molecule has 2 aliphatic rings. The zero-order valence-corrected chi connectivity index (χ0v) is 19.9. The third kappa shape index (κ3) is 9.98. The lowest BCUT2D eigenvalue weighted by molar-refractivity contribution is 0.820. The van der Waals surface area contributed by atoms with E-state index in [-0.39, 0.29) is 25.5 Å². The molecule has 1 atom stereocenters. The molecule has 0 N–H and O–H groups in total. The molecule has 2 rings (SSSR count). The van der Waals surface area contributed by atoms with Gasteiger partial charge in [-0.05, 0) is 0 Å². The first-order chi connectivity index (χ1) is 14.1. The molecule has 0 spiro atoms. The molecule has 2 saturated heterocycles. The third-order valence-corrected chi connectivity index (χ3v) is 7.09. The van der Waals surface area contributed by atoms with E-state index in [0.717, 1.165) is 6.32 Å². The molecule has 0 unspecified atom stereocenters. The van der Waals surface area contributed by atoms with E-state index in [9.17, 15) is 0 Å². The molecule has 0 aromatic carbocycles. The van der Waals surface area contributed by atoms with Gasteiger partial charge in [0.15, 0.2) is 0 Å². The van der Waals surface area contributed by atoms with Crippen LogP contribution >= 0.6 is 0 Å². The van der Waals surface area contributed by atoms with Gasteiger partial charge in [0.2, 0.25) is 0 Å². The van der Waals surface area contributed by atoms with Crippen molar-refractivity contribution in [3.63, 3.8) is 0 Å². The van der Waals surface area contributed by atoms with Crippen LogP contribution in [0.1, 0.15) is 46.5 Å². The maximum Gasteiger partial charge on any atom is 0.0961 e. The predicted molar refractivity (Wildman–Crippen MR) is 163 cm³/mol. The van der Waals surface area contributed by atoms with E-state index in [2.05, 4.69) is 13.7 Å². The fraction of sp³-hybridized carbons (Fsp3) is 1.00. The van der Waals surface area contributed by atoms with Crippen LogP contribution in [0.15, 0.2) is 0 Å². The van der Waals surface area contributed by atoms with Crippen molar-refractivity contribution in [3.05, 3.63) is 0 Å². The van der Waals surface area contributed by atoms with Crippen LogP contribution in [0, 0.1) is 0 Å². The van der Waals surface area contributed by atoms with Crippen LogP contribution < -0.4 is 0 Å². The van der Waals surface area contributed by atoms with E-state index in [4.69, 9.17) is 61.9 Å². The number of hydrogen-bond acceptors (Lipinski definition) is 0. The van der Waals surface area contributed by atoms with Crippen LogP contribution in [0.5, 0.6) is 0 Å². The van der Waals surface area contributed by atoms with Crippen LogP contribution in [0.4, 0.5) is 0 Å². The van der Waals surface area contributed by atoms with E-state index in [1.807, 2.05) is 13.8 Å². The fourth-order valence-corrected chi connectivity index (χ4v) is 5.29. The lowest BCUT2D eigenvalue weighted by Crippen LogP contribution is -2.68. The van der Waals surface area contributed by atoms with Crippen molar-refractivity contribution in [2.75, 3.05) is 0 Å². The van der Waals surface area contributed by atoms with Crippen LogP contribution in [-0.4, -0.2) is 127 Å². The highest BCUT2D eigenvalue weighted by molar-refractivity contribution is 8.03. The summed E-state index contributed by atoms with van der Waals surface area (Å²) in [6, 6.07) is 0. The quantitative estimate of drug-likeness (QED) is 0.484. The Kier molecular flexibility index (Phi) is 17.4. The van der Waals surface area contributed by atoms with Crippen molar-refractivity contribution in [1.29, 1.82) is 0 Å². The van der Waals surface area contributed by atoms with Crippen LogP contribution in [0.2, 0.25) is 31.6 Å². The highest BCUT2D eigenvalue weighted by Crippen LogP contribution is 2.32. The SMILES string of the molecule is CC.[B]B([B])B([B])B1CCCCB1C.[B][B]B(B([B])[B])B(B([B])[B])B1CCC[C@H]1C. The molecular weight excluding hydrogens is 339 g/mol. The molecule has 129 valence electrons. The standard InChI is InChI=1S/C5H10B11.C5H11B7.C2H6/c1-5-3-2-4-12(5)16(14(9)10)15(11-6)13(7)8;1-9-4-2-3-5-10(9)12(8)11(6)7;1-2/h5H,2-4H2,1H3;2-5H2,1H3;1-2H3/t5-;;/m1../s1. The highest BCUT2D eigenvalue weighted by atomic mass is 14.0. The van der Waals surface area contributed by atoms with Gasteiger partial charge in [0, 0.05) is 107 Å². The Balaban J connectivity index is 0.000000535. The second kappa shape index (κ2) is 16.7. The minimum absolute atomic E-state index is 0.0136. The van der Waals surface area contributed by atoms with E-state index >= 15 is 0 Å². The summed E-state index contributed by atoms with van der Waals surface area (Å²) in [5.74, 6) is 0.626. The molecule has 2 heterocycles. The van der Waals surface area contributed by atoms with Gasteiger partial charge < -0.3 is 0 Å². The van der Waals surface area contributed by atoms with Gasteiger partial charge in [-0.2, -0.15) is 0 Å². The molecule has 2 fully saturated rings. The summed E-state index contributed by atoms with van der Waals surface area (Å²) in [6.07, 6.45) is 7.43. The summed E-state index contributed by atoms with van der Waals surface area (Å²) in [6.45, 7) is 10.2. The van der Waals surface area contributed by atoms with Crippen LogP contribution in [-0.2, 0) is 0 Å². The van der Waals surface area contributed by atoms with Gasteiger partial charge in [-0.15, -0.1) is 0 Å². The maximum atomic E-state index is 5.93. The molecule has 0 aromatic rings. The van der Waals surface area contributed by atoms with Gasteiger partial charge in [-0.25, -0.2) is 0 Å². The Bertz CT molecular complexity index is 420. The molecule has 0 saturated carbocycles. The smallest absolute Gasteiger partial charge is 0.0927 e. The van der Waals surface area contributed by atoms with Crippen molar-refractivity contribution in [1.82, 2.24) is 0 Å². The zero-order valence-electron chi connectivity index (χ0n) is 19.9. The first kappa shape index (κ1) is 31.2.